The van der Waals surface area contributed by atoms with Gasteiger partial charge in [-0.2, -0.15) is 0 Å². The molecule has 1 aromatic rings. The fraction of sp³-hybridized carbons (Fsp3) is 0.615. The summed E-state index contributed by atoms with van der Waals surface area (Å²) in [7, 11) is 0. The Bertz CT molecular complexity index is 355. The molecular formula is C13H22N2O2. The third-order valence-electron chi connectivity index (χ3n) is 2.62. The Labute approximate surface area is 103 Å². The molecule has 0 amide bonds. The Morgan fingerprint density at radius 1 is 1.47 bits per heavy atom. The number of hydrogen-bond donors (Lipinski definition) is 2. The molecule has 17 heavy (non-hydrogen) atoms. The first kappa shape index (κ1) is 13.9. The smallest absolute Gasteiger partial charge is 0.138 e. The molecule has 0 aromatic carbocycles. The number of nitrogens with zero attached hydrogens (tertiary/aromatic N) is 1. The summed E-state index contributed by atoms with van der Waals surface area (Å²) in [6.07, 6.45) is 4.87. The van der Waals surface area contributed by atoms with Crippen LogP contribution in [0.4, 0.5) is 0 Å². The van der Waals surface area contributed by atoms with Crippen LogP contribution in [0.5, 0.6) is 5.75 Å². The number of hydrogen-bond acceptors (Lipinski definition) is 4. The second-order valence-electron chi connectivity index (χ2n) is 4.56. The van der Waals surface area contributed by atoms with E-state index < -0.39 is 5.60 Å². The Morgan fingerprint density at radius 2 is 2.18 bits per heavy atom. The predicted octanol–water partition coefficient (Wildman–Crippen LogP) is 1.82. The fourth-order valence-corrected chi connectivity index (χ4v) is 1.79. The van der Waals surface area contributed by atoms with Crippen molar-refractivity contribution < 1.29 is 9.84 Å². The summed E-state index contributed by atoms with van der Waals surface area (Å²) < 4.78 is 5.56. The highest BCUT2D eigenvalue weighted by atomic mass is 16.5. The number of aromatic nitrogens is 1. The van der Waals surface area contributed by atoms with Crippen molar-refractivity contribution in [3.8, 4) is 5.75 Å². The fourth-order valence-electron chi connectivity index (χ4n) is 1.79. The van der Waals surface area contributed by atoms with Gasteiger partial charge in [-0.25, -0.2) is 0 Å². The minimum absolute atomic E-state index is 0.0872. The number of rotatable bonds is 6. The van der Waals surface area contributed by atoms with Crippen molar-refractivity contribution in [2.24, 2.45) is 5.73 Å². The molecule has 1 heterocycles. The van der Waals surface area contributed by atoms with E-state index in [1.165, 1.54) is 0 Å². The molecule has 0 radical (unpaired) electrons. The molecular weight excluding hydrogens is 216 g/mol. The highest BCUT2D eigenvalue weighted by Crippen LogP contribution is 2.27. The summed E-state index contributed by atoms with van der Waals surface area (Å²) in [4.78, 5) is 4.09. The molecule has 1 rings (SSSR count). The van der Waals surface area contributed by atoms with Gasteiger partial charge in [0.25, 0.3) is 0 Å². The summed E-state index contributed by atoms with van der Waals surface area (Å²) in [5, 5.41) is 10.4. The van der Waals surface area contributed by atoms with Gasteiger partial charge in [-0.1, -0.05) is 13.3 Å². The van der Waals surface area contributed by atoms with Gasteiger partial charge in [-0.15, -0.1) is 0 Å². The van der Waals surface area contributed by atoms with E-state index in [-0.39, 0.29) is 12.6 Å². The number of nitrogens with two attached hydrogens (primary N) is 1. The van der Waals surface area contributed by atoms with E-state index in [0.29, 0.717) is 12.2 Å². The number of aliphatic hydroxyl groups is 1. The van der Waals surface area contributed by atoms with E-state index >= 15 is 0 Å². The van der Waals surface area contributed by atoms with Crippen molar-refractivity contribution >= 4 is 0 Å². The van der Waals surface area contributed by atoms with Gasteiger partial charge in [-0.3, -0.25) is 4.98 Å². The first-order valence-electron chi connectivity index (χ1n) is 6.06. The molecule has 3 N–H and O–H groups in total. The van der Waals surface area contributed by atoms with Crippen LogP contribution >= 0.6 is 0 Å². The van der Waals surface area contributed by atoms with E-state index in [0.717, 1.165) is 12.0 Å². The van der Waals surface area contributed by atoms with E-state index in [9.17, 15) is 5.11 Å². The molecule has 0 aliphatic heterocycles. The zero-order valence-corrected chi connectivity index (χ0v) is 10.8. The maximum Gasteiger partial charge on any atom is 0.138 e. The second kappa shape index (κ2) is 5.98. The molecule has 1 unspecified atom stereocenters. The van der Waals surface area contributed by atoms with Gasteiger partial charge in [0.2, 0.25) is 0 Å². The average Bonchev–Trinajstić information content (AvgIpc) is 2.28. The first-order chi connectivity index (χ1) is 8.01. The zero-order chi connectivity index (χ0) is 12.9. The van der Waals surface area contributed by atoms with Crippen LogP contribution in [0.25, 0.3) is 0 Å². The molecule has 0 aliphatic rings. The molecule has 0 saturated heterocycles. The van der Waals surface area contributed by atoms with Crippen molar-refractivity contribution in [3.05, 3.63) is 24.0 Å². The summed E-state index contributed by atoms with van der Waals surface area (Å²) in [6.45, 7) is 6.11. The molecule has 0 fully saturated rings. The van der Waals surface area contributed by atoms with Gasteiger partial charge >= 0.3 is 0 Å². The third kappa shape index (κ3) is 3.68. The van der Waals surface area contributed by atoms with Crippen molar-refractivity contribution in [2.75, 3.05) is 6.54 Å². The van der Waals surface area contributed by atoms with Crippen LogP contribution in [-0.2, 0) is 5.60 Å². The Kier molecular flexibility index (Phi) is 4.90. The lowest BCUT2D eigenvalue weighted by atomic mass is 9.90. The Hall–Kier alpha value is -1.13. The lowest BCUT2D eigenvalue weighted by Crippen LogP contribution is -2.34. The maximum atomic E-state index is 10.4. The molecule has 0 spiro atoms. The molecule has 0 aliphatic carbocycles. The quantitative estimate of drug-likeness (QED) is 0.793. The highest BCUT2D eigenvalue weighted by Gasteiger charge is 2.27. The predicted molar refractivity (Wildman–Crippen MR) is 67.9 cm³/mol. The van der Waals surface area contributed by atoms with Gasteiger partial charge < -0.3 is 15.6 Å². The lowest BCUT2D eigenvalue weighted by molar-refractivity contribution is 0.0352. The van der Waals surface area contributed by atoms with Crippen molar-refractivity contribution in [1.82, 2.24) is 4.98 Å². The van der Waals surface area contributed by atoms with Crippen LogP contribution in [0.3, 0.4) is 0 Å². The minimum Gasteiger partial charge on any atom is -0.489 e. The van der Waals surface area contributed by atoms with E-state index in [4.69, 9.17) is 10.5 Å². The van der Waals surface area contributed by atoms with Crippen LogP contribution in [-0.4, -0.2) is 22.7 Å². The molecule has 4 nitrogen and oxygen atoms in total. The molecule has 4 heteroatoms. The van der Waals surface area contributed by atoms with Gasteiger partial charge in [0.15, 0.2) is 0 Å². The minimum atomic E-state index is -1.00. The summed E-state index contributed by atoms with van der Waals surface area (Å²) >= 11 is 0. The molecule has 0 saturated carbocycles. The Balaban J connectivity index is 2.96. The van der Waals surface area contributed by atoms with E-state index in [1.54, 1.807) is 12.4 Å². The van der Waals surface area contributed by atoms with Crippen molar-refractivity contribution in [3.63, 3.8) is 0 Å². The largest absolute Gasteiger partial charge is 0.489 e. The van der Waals surface area contributed by atoms with Gasteiger partial charge in [-0.05, 0) is 26.3 Å². The highest BCUT2D eigenvalue weighted by molar-refractivity contribution is 5.28. The normalized spacial score (nSPS) is 14.7. The Morgan fingerprint density at radius 3 is 2.71 bits per heavy atom. The SMILES string of the molecule is CCCC(O)(CN)c1cncc(OC(C)C)c1. The second-order valence-corrected chi connectivity index (χ2v) is 4.56. The average molecular weight is 238 g/mol. The van der Waals surface area contributed by atoms with Gasteiger partial charge in [0, 0.05) is 18.3 Å². The van der Waals surface area contributed by atoms with Crippen LogP contribution < -0.4 is 10.5 Å². The molecule has 96 valence electrons. The summed E-state index contributed by atoms with van der Waals surface area (Å²) in [5.74, 6) is 0.667. The van der Waals surface area contributed by atoms with Crippen LogP contribution in [0.15, 0.2) is 18.5 Å². The van der Waals surface area contributed by atoms with Gasteiger partial charge in [0.05, 0.1) is 12.3 Å². The number of ether oxygens (including phenoxy) is 1. The van der Waals surface area contributed by atoms with Crippen molar-refractivity contribution in [2.45, 2.75) is 45.3 Å². The summed E-state index contributed by atoms with van der Waals surface area (Å²) in [5.41, 5.74) is 5.38. The maximum absolute atomic E-state index is 10.4. The van der Waals surface area contributed by atoms with Crippen molar-refractivity contribution in [1.29, 1.82) is 0 Å². The number of pyridine rings is 1. The lowest BCUT2D eigenvalue weighted by Gasteiger charge is -2.26. The zero-order valence-electron chi connectivity index (χ0n) is 10.8. The standard InChI is InChI=1S/C13H22N2O2/c1-4-5-13(16,9-14)11-6-12(8-15-7-11)17-10(2)3/h6-8,10,16H,4-5,9,14H2,1-3H3. The summed E-state index contributed by atoms with van der Waals surface area (Å²) in [6, 6.07) is 1.82. The topological polar surface area (TPSA) is 68.4 Å². The molecule has 1 aromatic heterocycles. The van der Waals surface area contributed by atoms with Crippen LogP contribution in [0.1, 0.15) is 39.2 Å². The monoisotopic (exact) mass is 238 g/mol. The van der Waals surface area contributed by atoms with Gasteiger partial charge in [0.1, 0.15) is 11.4 Å². The molecule has 0 bridgehead atoms. The van der Waals surface area contributed by atoms with E-state index in [2.05, 4.69) is 4.98 Å². The molecule has 1 atom stereocenters. The third-order valence-corrected chi connectivity index (χ3v) is 2.62. The first-order valence-corrected chi connectivity index (χ1v) is 6.06. The van der Waals surface area contributed by atoms with E-state index in [1.807, 2.05) is 26.8 Å². The van der Waals surface area contributed by atoms with Crippen LogP contribution in [0.2, 0.25) is 0 Å². The van der Waals surface area contributed by atoms with Crippen LogP contribution in [0, 0.1) is 0 Å².